The number of carbonyl (C=O) groups excluding carboxylic acids is 1. The second-order valence-electron chi connectivity index (χ2n) is 9.15. The molecule has 1 atom stereocenters. The molecule has 4 rings (SSSR count). The number of aromatic nitrogens is 3. The molecule has 0 saturated carbocycles. The van der Waals surface area contributed by atoms with E-state index in [9.17, 15) is 9.59 Å². The fourth-order valence-electron chi connectivity index (χ4n) is 4.36. The van der Waals surface area contributed by atoms with Gasteiger partial charge in [-0.2, -0.15) is 0 Å². The van der Waals surface area contributed by atoms with E-state index in [4.69, 9.17) is 26.1 Å². The van der Waals surface area contributed by atoms with Crippen molar-refractivity contribution >= 4 is 23.5 Å². The normalized spacial score (nSPS) is 14.9. The smallest absolute Gasteiger partial charge is 0.263 e. The van der Waals surface area contributed by atoms with Gasteiger partial charge in [-0.1, -0.05) is 11.6 Å². The Bertz CT molecular complexity index is 1360. The van der Waals surface area contributed by atoms with E-state index in [1.165, 1.54) is 0 Å². The van der Waals surface area contributed by atoms with E-state index in [0.717, 1.165) is 0 Å². The van der Waals surface area contributed by atoms with Crippen LogP contribution >= 0.6 is 11.6 Å². The number of fused-ring (bicyclic) bond motifs is 1. The van der Waals surface area contributed by atoms with Gasteiger partial charge >= 0.3 is 0 Å². The van der Waals surface area contributed by atoms with Gasteiger partial charge in [0, 0.05) is 35.5 Å². The van der Waals surface area contributed by atoms with Gasteiger partial charge in [-0.3, -0.25) is 9.59 Å². The average molecular weight is 526 g/mol. The monoisotopic (exact) mass is 525 g/mol. The van der Waals surface area contributed by atoms with Crippen LogP contribution in [0.25, 0.3) is 5.69 Å². The highest BCUT2D eigenvalue weighted by Crippen LogP contribution is 2.29. The maximum absolute atomic E-state index is 13.8. The van der Waals surface area contributed by atoms with E-state index >= 15 is 0 Å². The van der Waals surface area contributed by atoms with Crippen LogP contribution < -0.4 is 20.3 Å². The van der Waals surface area contributed by atoms with E-state index < -0.39 is 0 Å². The van der Waals surface area contributed by atoms with Crippen LogP contribution in [0.2, 0.25) is 5.02 Å². The molecule has 1 aromatic carbocycles. The predicted molar refractivity (Wildman–Crippen MR) is 143 cm³/mol. The van der Waals surface area contributed by atoms with Crippen LogP contribution in [0.4, 0.5) is 5.95 Å². The number of hydrogen-bond donors (Lipinski definition) is 1. The number of halogens is 1. The lowest BCUT2D eigenvalue weighted by molar-refractivity contribution is 0.0653. The molecule has 0 aliphatic carbocycles. The summed E-state index contributed by atoms with van der Waals surface area (Å²) >= 11 is 6.33. The van der Waals surface area contributed by atoms with Crippen LogP contribution in [0.15, 0.2) is 41.3 Å². The van der Waals surface area contributed by atoms with Gasteiger partial charge in [0.1, 0.15) is 5.75 Å². The molecule has 196 valence electrons. The van der Waals surface area contributed by atoms with Crippen molar-refractivity contribution in [3.63, 3.8) is 0 Å². The molecule has 1 aliphatic heterocycles. The molecule has 9 nitrogen and oxygen atoms in total. The maximum Gasteiger partial charge on any atom is 0.263 e. The molecule has 0 bridgehead atoms. The maximum atomic E-state index is 13.8. The van der Waals surface area contributed by atoms with Gasteiger partial charge in [0.15, 0.2) is 0 Å². The zero-order valence-electron chi connectivity index (χ0n) is 21.7. The number of benzene rings is 1. The Morgan fingerprint density at radius 2 is 1.95 bits per heavy atom. The zero-order valence-corrected chi connectivity index (χ0v) is 22.5. The highest BCUT2D eigenvalue weighted by atomic mass is 35.5. The Morgan fingerprint density at radius 1 is 1.19 bits per heavy atom. The van der Waals surface area contributed by atoms with E-state index in [-0.39, 0.29) is 30.1 Å². The molecule has 37 heavy (non-hydrogen) atoms. The molecule has 1 amide bonds. The quantitative estimate of drug-likeness (QED) is 0.462. The second kappa shape index (κ2) is 11.2. The van der Waals surface area contributed by atoms with Crippen molar-refractivity contribution in [2.45, 2.75) is 59.7 Å². The molecule has 10 heteroatoms. The van der Waals surface area contributed by atoms with Gasteiger partial charge in [0.2, 0.25) is 11.8 Å². The van der Waals surface area contributed by atoms with Crippen LogP contribution in [0.5, 0.6) is 11.6 Å². The standard InChI is InChI=1S/C27H32ClN5O4/c1-6-36-23-9-8-18(13-21(23)28)25(34)32-15-22-20(12-17(32)5)26(35)33(27(31-22)30-16(3)4)19-10-11-29-24(14-19)37-7-2/h8-11,13-14,16-17H,6-7,12,15H2,1-5H3,(H,30,31)/t17-/m1/s1. The summed E-state index contributed by atoms with van der Waals surface area (Å²) < 4.78 is 12.6. The van der Waals surface area contributed by atoms with Gasteiger partial charge in [-0.15, -0.1) is 0 Å². The van der Waals surface area contributed by atoms with Gasteiger partial charge in [-0.05, 0) is 65.3 Å². The lowest BCUT2D eigenvalue weighted by Gasteiger charge is -2.35. The van der Waals surface area contributed by atoms with Gasteiger partial charge in [0.05, 0.1) is 36.2 Å². The third-order valence-corrected chi connectivity index (χ3v) is 6.34. The Labute approximate surface area is 221 Å². The number of ether oxygens (including phenoxy) is 2. The van der Waals surface area contributed by atoms with Crippen LogP contribution in [0, 0.1) is 0 Å². The number of carbonyl (C=O) groups is 1. The summed E-state index contributed by atoms with van der Waals surface area (Å²) in [6, 6.07) is 8.31. The SMILES string of the molecule is CCOc1cc(-n2c(NC(C)C)nc3c(c2=O)C[C@@H](C)N(C(=O)c2ccc(OCC)c(Cl)c2)C3)ccn1. The molecule has 0 radical (unpaired) electrons. The highest BCUT2D eigenvalue weighted by Gasteiger charge is 2.32. The van der Waals surface area contributed by atoms with Gasteiger partial charge in [0.25, 0.3) is 11.5 Å². The largest absolute Gasteiger partial charge is 0.492 e. The first-order valence-electron chi connectivity index (χ1n) is 12.5. The van der Waals surface area contributed by atoms with E-state index in [2.05, 4.69) is 10.3 Å². The molecular formula is C27H32ClN5O4. The topological polar surface area (TPSA) is 98.6 Å². The number of anilines is 1. The van der Waals surface area contributed by atoms with Gasteiger partial charge in [-0.25, -0.2) is 14.5 Å². The zero-order chi connectivity index (χ0) is 26.7. The fraction of sp³-hybridized carbons (Fsp3) is 0.407. The molecule has 1 N–H and O–H groups in total. The summed E-state index contributed by atoms with van der Waals surface area (Å²) in [6.07, 6.45) is 1.99. The van der Waals surface area contributed by atoms with Crippen molar-refractivity contribution in [1.29, 1.82) is 0 Å². The van der Waals surface area contributed by atoms with Crippen molar-refractivity contribution in [2.75, 3.05) is 18.5 Å². The molecule has 0 saturated heterocycles. The van der Waals surface area contributed by atoms with Crippen LogP contribution in [0.3, 0.4) is 0 Å². The summed E-state index contributed by atoms with van der Waals surface area (Å²) in [4.78, 5) is 38.0. The third kappa shape index (κ3) is 5.56. The second-order valence-corrected chi connectivity index (χ2v) is 9.56. The summed E-state index contributed by atoms with van der Waals surface area (Å²) in [5.74, 6) is 1.19. The lowest BCUT2D eigenvalue weighted by Crippen LogP contribution is -2.46. The number of pyridine rings is 1. The number of amides is 1. The lowest BCUT2D eigenvalue weighted by atomic mass is 9.98. The first kappa shape index (κ1) is 26.5. The van der Waals surface area contributed by atoms with Crippen LogP contribution in [0.1, 0.15) is 56.2 Å². The molecule has 2 aromatic heterocycles. The summed E-state index contributed by atoms with van der Waals surface area (Å²) in [5, 5.41) is 3.66. The van der Waals surface area contributed by atoms with Crippen LogP contribution in [-0.4, -0.2) is 50.6 Å². The molecule has 3 aromatic rings. The Hall–Kier alpha value is -3.59. The first-order chi connectivity index (χ1) is 17.7. The third-order valence-electron chi connectivity index (χ3n) is 6.04. The number of rotatable bonds is 8. The number of nitrogens with one attached hydrogen (secondary N) is 1. The molecule has 0 unspecified atom stereocenters. The first-order valence-corrected chi connectivity index (χ1v) is 12.8. The highest BCUT2D eigenvalue weighted by molar-refractivity contribution is 6.32. The molecule has 0 spiro atoms. The predicted octanol–water partition coefficient (Wildman–Crippen LogP) is 4.49. The van der Waals surface area contributed by atoms with E-state index in [0.29, 0.717) is 64.7 Å². The minimum atomic E-state index is -0.214. The number of hydrogen-bond acceptors (Lipinski definition) is 7. The molecule has 1 aliphatic rings. The fourth-order valence-corrected chi connectivity index (χ4v) is 4.60. The Morgan fingerprint density at radius 3 is 2.62 bits per heavy atom. The molecule has 0 fully saturated rings. The van der Waals surface area contributed by atoms with Gasteiger partial charge < -0.3 is 19.7 Å². The van der Waals surface area contributed by atoms with E-state index in [1.54, 1.807) is 46.0 Å². The average Bonchev–Trinajstić information content (AvgIpc) is 2.85. The Kier molecular flexibility index (Phi) is 8.02. The minimum absolute atomic E-state index is 0.0237. The molecular weight excluding hydrogens is 494 g/mol. The Balaban J connectivity index is 1.73. The summed E-state index contributed by atoms with van der Waals surface area (Å²) in [7, 11) is 0. The molecule has 3 heterocycles. The van der Waals surface area contributed by atoms with Crippen molar-refractivity contribution in [2.24, 2.45) is 0 Å². The van der Waals surface area contributed by atoms with Crippen molar-refractivity contribution in [3.8, 4) is 17.3 Å². The number of nitrogens with zero attached hydrogens (tertiary/aromatic N) is 4. The van der Waals surface area contributed by atoms with Crippen molar-refractivity contribution in [3.05, 3.63) is 68.7 Å². The van der Waals surface area contributed by atoms with Crippen LogP contribution in [-0.2, 0) is 13.0 Å². The summed E-state index contributed by atoms with van der Waals surface area (Å²) in [5.41, 5.74) is 2.05. The van der Waals surface area contributed by atoms with Crippen molar-refractivity contribution < 1.29 is 14.3 Å². The minimum Gasteiger partial charge on any atom is -0.492 e. The van der Waals surface area contributed by atoms with Crippen molar-refractivity contribution in [1.82, 2.24) is 19.4 Å². The van der Waals surface area contributed by atoms with E-state index in [1.807, 2.05) is 34.6 Å². The summed E-state index contributed by atoms with van der Waals surface area (Å²) in [6.45, 7) is 10.8.